The van der Waals surface area contributed by atoms with E-state index in [1.807, 2.05) is 13.8 Å². The van der Waals surface area contributed by atoms with Gasteiger partial charge in [-0.25, -0.2) is 0 Å². The van der Waals surface area contributed by atoms with E-state index in [9.17, 15) is 10.1 Å². The molecule has 0 spiro atoms. The van der Waals surface area contributed by atoms with Crippen LogP contribution in [0.5, 0.6) is 0 Å². The van der Waals surface area contributed by atoms with Crippen molar-refractivity contribution in [3.63, 3.8) is 0 Å². The van der Waals surface area contributed by atoms with E-state index >= 15 is 0 Å². The summed E-state index contributed by atoms with van der Waals surface area (Å²) in [7, 11) is 0. The van der Waals surface area contributed by atoms with Crippen LogP contribution in [0.25, 0.3) is 0 Å². The third-order valence-corrected chi connectivity index (χ3v) is 2.78. The van der Waals surface area contributed by atoms with Gasteiger partial charge in [-0.2, -0.15) is 0 Å². The fourth-order valence-electron chi connectivity index (χ4n) is 1.99. The molecule has 106 valence electrons. The highest BCUT2D eigenvalue weighted by Crippen LogP contribution is 2.18. The SMILES string of the molecule is CC1(C)CNCC(COCc2ccc([N+](=O)[O-])o2)O1. The van der Waals surface area contributed by atoms with Crippen molar-refractivity contribution in [2.75, 3.05) is 19.7 Å². The van der Waals surface area contributed by atoms with Crippen LogP contribution in [0.15, 0.2) is 16.5 Å². The molecule has 0 amide bonds. The number of nitro groups is 1. The van der Waals surface area contributed by atoms with Gasteiger partial charge in [0.1, 0.15) is 17.3 Å². The molecule has 1 aliphatic heterocycles. The summed E-state index contributed by atoms with van der Waals surface area (Å²) in [5.41, 5.74) is -0.199. The summed E-state index contributed by atoms with van der Waals surface area (Å²) in [6.45, 7) is 6.21. The van der Waals surface area contributed by atoms with Crippen molar-refractivity contribution >= 4 is 5.88 Å². The predicted molar refractivity (Wildman–Crippen MR) is 66.8 cm³/mol. The molecule has 1 aromatic rings. The Morgan fingerprint density at radius 1 is 1.58 bits per heavy atom. The summed E-state index contributed by atoms with van der Waals surface area (Å²) < 4.78 is 16.3. The van der Waals surface area contributed by atoms with Crippen LogP contribution in [-0.2, 0) is 16.1 Å². The van der Waals surface area contributed by atoms with E-state index in [1.54, 1.807) is 6.07 Å². The second-order valence-corrected chi connectivity index (χ2v) is 5.14. The van der Waals surface area contributed by atoms with Crippen molar-refractivity contribution in [1.29, 1.82) is 0 Å². The first-order chi connectivity index (χ1) is 8.96. The lowest BCUT2D eigenvalue weighted by atomic mass is 10.1. The zero-order chi connectivity index (χ0) is 13.9. The summed E-state index contributed by atoms with van der Waals surface area (Å²) in [5, 5.41) is 13.7. The third kappa shape index (κ3) is 4.02. The number of hydrogen-bond acceptors (Lipinski definition) is 6. The number of nitrogens with zero attached hydrogens (tertiary/aromatic N) is 1. The van der Waals surface area contributed by atoms with Crippen molar-refractivity contribution in [3.05, 3.63) is 28.0 Å². The Kier molecular flexibility index (Phi) is 4.18. The molecular formula is C12H18N2O5. The smallest absolute Gasteiger partial charge is 0.403 e. The van der Waals surface area contributed by atoms with Crippen LogP contribution in [-0.4, -0.2) is 36.3 Å². The van der Waals surface area contributed by atoms with E-state index < -0.39 is 4.92 Å². The zero-order valence-electron chi connectivity index (χ0n) is 11.0. The van der Waals surface area contributed by atoms with Crippen molar-refractivity contribution in [1.82, 2.24) is 5.32 Å². The van der Waals surface area contributed by atoms with E-state index in [2.05, 4.69) is 5.32 Å². The lowest BCUT2D eigenvalue weighted by Crippen LogP contribution is -2.51. The normalized spacial score (nSPS) is 22.3. The number of ether oxygens (including phenoxy) is 2. The Hall–Kier alpha value is -1.44. The molecule has 19 heavy (non-hydrogen) atoms. The molecule has 0 aliphatic carbocycles. The number of morpholine rings is 1. The molecule has 1 atom stereocenters. The van der Waals surface area contributed by atoms with Gasteiger partial charge in [-0.15, -0.1) is 0 Å². The van der Waals surface area contributed by atoms with Crippen LogP contribution in [0.1, 0.15) is 19.6 Å². The van der Waals surface area contributed by atoms with Gasteiger partial charge in [-0.3, -0.25) is 10.1 Å². The van der Waals surface area contributed by atoms with Crippen LogP contribution in [0, 0.1) is 10.1 Å². The van der Waals surface area contributed by atoms with Crippen LogP contribution in [0.3, 0.4) is 0 Å². The third-order valence-electron chi connectivity index (χ3n) is 2.78. The molecule has 2 heterocycles. The maximum Gasteiger partial charge on any atom is 0.433 e. The molecule has 0 radical (unpaired) electrons. The fraction of sp³-hybridized carbons (Fsp3) is 0.667. The highest BCUT2D eigenvalue weighted by Gasteiger charge is 2.28. The largest absolute Gasteiger partial charge is 0.433 e. The minimum Gasteiger partial charge on any atom is -0.403 e. The maximum atomic E-state index is 10.4. The van der Waals surface area contributed by atoms with Gasteiger partial charge in [0.2, 0.25) is 0 Å². The van der Waals surface area contributed by atoms with Crippen LogP contribution in [0.2, 0.25) is 0 Å². The fourth-order valence-corrected chi connectivity index (χ4v) is 1.99. The van der Waals surface area contributed by atoms with Gasteiger partial charge < -0.3 is 19.2 Å². The predicted octanol–water partition coefficient (Wildman–Crippen LogP) is 1.47. The summed E-state index contributed by atoms with van der Waals surface area (Å²) in [5.74, 6) is 0.171. The first-order valence-corrected chi connectivity index (χ1v) is 6.16. The molecule has 0 aromatic carbocycles. The standard InChI is InChI=1S/C12H18N2O5/c1-12(2)8-13-5-10(19-12)7-17-6-9-3-4-11(18-9)14(15)16/h3-4,10,13H,5-8H2,1-2H3. The molecule has 1 fully saturated rings. The molecule has 1 unspecified atom stereocenters. The van der Waals surface area contributed by atoms with Gasteiger partial charge in [0.25, 0.3) is 0 Å². The molecule has 7 nitrogen and oxygen atoms in total. The molecule has 1 aliphatic rings. The highest BCUT2D eigenvalue weighted by atomic mass is 16.6. The number of nitrogens with one attached hydrogen (secondary N) is 1. The van der Waals surface area contributed by atoms with Gasteiger partial charge in [0.05, 0.1) is 24.4 Å². The molecule has 1 aromatic heterocycles. The zero-order valence-corrected chi connectivity index (χ0v) is 11.0. The van der Waals surface area contributed by atoms with Crippen molar-refractivity contribution in [2.24, 2.45) is 0 Å². The van der Waals surface area contributed by atoms with E-state index in [1.165, 1.54) is 6.07 Å². The monoisotopic (exact) mass is 270 g/mol. The Morgan fingerprint density at radius 2 is 2.37 bits per heavy atom. The number of furan rings is 1. The van der Waals surface area contributed by atoms with Gasteiger partial charge in [-0.05, 0) is 19.9 Å². The Bertz CT molecular complexity index is 443. The van der Waals surface area contributed by atoms with Gasteiger partial charge in [0, 0.05) is 13.1 Å². The van der Waals surface area contributed by atoms with Crippen molar-refractivity contribution < 1.29 is 18.8 Å². The molecule has 0 saturated carbocycles. The second kappa shape index (κ2) is 5.68. The minimum atomic E-state index is -0.569. The van der Waals surface area contributed by atoms with Gasteiger partial charge in [0.15, 0.2) is 0 Å². The van der Waals surface area contributed by atoms with E-state index in [-0.39, 0.29) is 24.2 Å². The Morgan fingerprint density at radius 3 is 3.00 bits per heavy atom. The van der Waals surface area contributed by atoms with E-state index in [0.29, 0.717) is 12.4 Å². The van der Waals surface area contributed by atoms with Crippen molar-refractivity contribution in [2.45, 2.75) is 32.2 Å². The number of hydrogen-bond donors (Lipinski definition) is 1. The lowest BCUT2D eigenvalue weighted by Gasteiger charge is -2.36. The van der Waals surface area contributed by atoms with E-state index in [0.717, 1.165) is 13.1 Å². The first-order valence-electron chi connectivity index (χ1n) is 6.16. The minimum absolute atomic E-state index is 0.0197. The van der Waals surface area contributed by atoms with Gasteiger partial charge in [-0.1, -0.05) is 0 Å². The summed E-state index contributed by atoms with van der Waals surface area (Å²) >= 11 is 0. The second-order valence-electron chi connectivity index (χ2n) is 5.14. The van der Waals surface area contributed by atoms with Crippen LogP contribution < -0.4 is 5.32 Å². The maximum absolute atomic E-state index is 10.4. The quantitative estimate of drug-likeness (QED) is 0.644. The average molecular weight is 270 g/mol. The summed E-state index contributed by atoms with van der Waals surface area (Å²) in [4.78, 5) is 9.88. The molecule has 2 rings (SSSR count). The topological polar surface area (TPSA) is 86.8 Å². The Labute approximate surface area is 111 Å². The van der Waals surface area contributed by atoms with Crippen molar-refractivity contribution in [3.8, 4) is 0 Å². The van der Waals surface area contributed by atoms with Crippen LogP contribution in [0.4, 0.5) is 5.88 Å². The molecule has 7 heteroatoms. The number of rotatable bonds is 5. The van der Waals surface area contributed by atoms with E-state index in [4.69, 9.17) is 13.9 Å². The molecule has 1 saturated heterocycles. The van der Waals surface area contributed by atoms with Crippen LogP contribution >= 0.6 is 0 Å². The first kappa shape index (κ1) is 14.0. The molecule has 0 bridgehead atoms. The Balaban J connectivity index is 1.75. The lowest BCUT2D eigenvalue weighted by molar-refractivity contribution is -0.402. The average Bonchev–Trinajstić information content (AvgIpc) is 2.76. The molecular weight excluding hydrogens is 252 g/mol. The summed E-state index contributed by atoms with van der Waals surface area (Å²) in [6, 6.07) is 2.86. The molecule has 1 N–H and O–H groups in total. The van der Waals surface area contributed by atoms with Gasteiger partial charge >= 0.3 is 5.88 Å². The summed E-state index contributed by atoms with van der Waals surface area (Å²) in [6.07, 6.45) is -0.0197. The highest BCUT2D eigenvalue weighted by molar-refractivity contribution is 5.17.